The summed E-state index contributed by atoms with van der Waals surface area (Å²) in [6.45, 7) is 15.4. The molecule has 0 radical (unpaired) electrons. The summed E-state index contributed by atoms with van der Waals surface area (Å²) in [7, 11) is 1.74. The van der Waals surface area contributed by atoms with Crippen LogP contribution in [0.3, 0.4) is 0 Å². The Morgan fingerprint density at radius 2 is 2.06 bits per heavy atom. The third kappa shape index (κ3) is 6.59. The molecule has 1 fully saturated rings. The third-order valence-electron chi connectivity index (χ3n) is 5.96. The van der Waals surface area contributed by atoms with Crippen molar-refractivity contribution in [3.8, 4) is 0 Å². The van der Waals surface area contributed by atoms with Gasteiger partial charge in [0.15, 0.2) is 0 Å². The molecule has 33 heavy (non-hydrogen) atoms. The van der Waals surface area contributed by atoms with Crippen molar-refractivity contribution in [2.24, 2.45) is 10.4 Å². The predicted molar refractivity (Wildman–Crippen MR) is 134 cm³/mol. The van der Waals surface area contributed by atoms with Gasteiger partial charge in [0.1, 0.15) is 6.04 Å². The molecule has 1 aliphatic rings. The Morgan fingerprint density at radius 1 is 1.39 bits per heavy atom. The van der Waals surface area contributed by atoms with Gasteiger partial charge in [-0.15, -0.1) is 11.3 Å². The van der Waals surface area contributed by atoms with Gasteiger partial charge in [-0.3, -0.25) is 14.6 Å². The molecule has 1 aliphatic heterocycles. The first-order valence-electron chi connectivity index (χ1n) is 11.1. The second kappa shape index (κ2) is 11.2. The Balaban J connectivity index is 2.14. The Hall–Kier alpha value is -2.36. The quantitative estimate of drug-likeness (QED) is 0.396. The Labute approximate surface area is 200 Å². The maximum atomic E-state index is 13.2. The lowest BCUT2D eigenvalue weighted by atomic mass is 9.86. The molecule has 4 atom stereocenters. The fourth-order valence-corrected chi connectivity index (χ4v) is 4.72. The number of hydrogen-bond acceptors (Lipinski definition) is 7. The van der Waals surface area contributed by atoms with Crippen LogP contribution in [0.4, 0.5) is 0 Å². The number of aliphatic hydroxyl groups excluding tert-OH is 1. The summed E-state index contributed by atoms with van der Waals surface area (Å²) < 4.78 is 0. The zero-order chi connectivity index (χ0) is 24.9. The summed E-state index contributed by atoms with van der Waals surface area (Å²) in [6.07, 6.45) is 3.27. The molecule has 0 aromatic carbocycles. The monoisotopic (exact) mass is 475 g/mol. The molecule has 1 aromatic rings. The number of nitrogens with zero attached hydrogens (tertiary/aromatic N) is 3. The van der Waals surface area contributed by atoms with Crippen molar-refractivity contribution in [2.45, 2.75) is 72.2 Å². The minimum atomic E-state index is -0.721. The molecule has 9 heteroatoms. The highest BCUT2D eigenvalue weighted by atomic mass is 32.1. The first kappa shape index (κ1) is 26.9. The maximum Gasteiger partial charge on any atom is 0.243 e. The number of allylic oxidation sites excluding steroid dienone is 2. The largest absolute Gasteiger partial charge is 0.391 e. The van der Waals surface area contributed by atoms with Crippen LogP contribution in [0.2, 0.25) is 0 Å². The van der Waals surface area contributed by atoms with E-state index in [2.05, 4.69) is 27.3 Å². The van der Waals surface area contributed by atoms with Gasteiger partial charge >= 0.3 is 0 Å². The van der Waals surface area contributed by atoms with Crippen molar-refractivity contribution >= 4 is 35.6 Å². The number of carbonyl (C=O) groups is 2. The lowest BCUT2D eigenvalue weighted by Crippen LogP contribution is -2.56. The zero-order valence-electron chi connectivity index (χ0n) is 20.7. The molecule has 3 N–H and O–H groups in total. The average molecular weight is 476 g/mol. The van der Waals surface area contributed by atoms with E-state index in [-0.39, 0.29) is 36.2 Å². The number of amides is 2. The van der Waals surface area contributed by atoms with Crippen molar-refractivity contribution < 1.29 is 14.7 Å². The van der Waals surface area contributed by atoms with Crippen molar-refractivity contribution in [1.82, 2.24) is 20.5 Å². The van der Waals surface area contributed by atoms with Crippen LogP contribution in [0.25, 0.3) is 5.70 Å². The van der Waals surface area contributed by atoms with E-state index in [1.54, 1.807) is 12.6 Å². The van der Waals surface area contributed by atoms with Crippen LogP contribution < -0.4 is 10.6 Å². The Bertz CT molecular complexity index is 931. The van der Waals surface area contributed by atoms with Gasteiger partial charge in [0, 0.05) is 19.0 Å². The van der Waals surface area contributed by atoms with Gasteiger partial charge in [0.2, 0.25) is 11.8 Å². The molecule has 2 rings (SSSR count). The van der Waals surface area contributed by atoms with Gasteiger partial charge < -0.3 is 20.6 Å². The number of likely N-dealkylation sites (N-methyl/N-ethyl adjacent to an activating group) is 1. The number of aryl methyl sites for hydroxylation is 1. The number of aromatic nitrogens is 1. The highest BCUT2D eigenvalue weighted by Gasteiger charge is 2.43. The SMILES string of the molecule is C=N/C(=C\C=C(/C)[C@H](C)NC(=O)[C@@H]1C[C@@H](O)CN1C(=O)[C@@H](NC)C(C)(C)C)c1scnc1C. The molecule has 0 saturated carbocycles. The van der Waals surface area contributed by atoms with Crippen molar-refractivity contribution in [3.05, 3.63) is 33.8 Å². The maximum absolute atomic E-state index is 13.2. The smallest absolute Gasteiger partial charge is 0.243 e. The van der Waals surface area contributed by atoms with Crippen molar-refractivity contribution in [2.75, 3.05) is 13.6 Å². The second-order valence-electron chi connectivity index (χ2n) is 9.60. The highest BCUT2D eigenvalue weighted by Crippen LogP contribution is 2.26. The minimum absolute atomic E-state index is 0.152. The first-order chi connectivity index (χ1) is 15.4. The zero-order valence-corrected chi connectivity index (χ0v) is 21.5. The van der Waals surface area contributed by atoms with Crippen molar-refractivity contribution in [1.29, 1.82) is 0 Å². The number of thiazole rings is 1. The van der Waals surface area contributed by atoms with E-state index in [0.717, 1.165) is 21.8 Å². The van der Waals surface area contributed by atoms with E-state index in [1.807, 2.05) is 53.7 Å². The molecule has 2 heterocycles. The summed E-state index contributed by atoms with van der Waals surface area (Å²) in [5.74, 6) is -0.445. The number of carbonyl (C=O) groups excluding carboxylic acids is 2. The molecule has 8 nitrogen and oxygen atoms in total. The van der Waals surface area contributed by atoms with Gasteiger partial charge in [-0.05, 0) is 46.0 Å². The summed E-state index contributed by atoms with van der Waals surface area (Å²) >= 11 is 1.50. The molecule has 0 bridgehead atoms. The molecule has 1 aromatic heterocycles. The first-order valence-corrected chi connectivity index (χ1v) is 12.0. The molecular formula is C24H37N5O3S. The van der Waals surface area contributed by atoms with E-state index >= 15 is 0 Å². The summed E-state index contributed by atoms with van der Waals surface area (Å²) in [4.78, 5) is 37.1. The number of aliphatic imine (C=N–C) groups is 1. The van der Waals surface area contributed by atoms with E-state index in [1.165, 1.54) is 16.2 Å². The lowest BCUT2D eigenvalue weighted by molar-refractivity contribution is -0.142. The van der Waals surface area contributed by atoms with E-state index < -0.39 is 18.2 Å². The normalized spacial score (nSPS) is 21.6. The van der Waals surface area contributed by atoms with Crippen LogP contribution in [0.15, 0.2) is 28.2 Å². The number of aliphatic hydroxyl groups is 1. The van der Waals surface area contributed by atoms with Crippen LogP contribution in [-0.2, 0) is 9.59 Å². The molecule has 0 spiro atoms. The lowest BCUT2D eigenvalue weighted by Gasteiger charge is -2.35. The molecular weight excluding hydrogens is 438 g/mol. The fraction of sp³-hybridized carbons (Fsp3) is 0.583. The number of hydrogen-bond donors (Lipinski definition) is 3. The number of β-amino-alcohol motifs (C(OH)–C–C–N with tert-alkyl or cyclic N) is 1. The topological polar surface area (TPSA) is 107 Å². The predicted octanol–water partition coefficient (Wildman–Crippen LogP) is 2.54. The van der Waals surface area contributed by atoms with Gasteiger partial charge in [-0.25, -0.2) is 4.98 Å². The van der Waals surface area contributed by atoms with Gasteiger partial charge in [0.25, 0.3) is 0 Å². The number of rotatable bonds is 8. The molecule has 1 saturated heterocycles. The van der Waals surface area contributed by atoms with Gasteiger partial charge in [0.05, 0.1) is 33.9 Å². The standard InChI is InChI=1S/C24H37N5O3S/c1-14(9-10-18(25-7)20-16(3)27-13-33-20)15(2)28-22(31)19-11-17(30)12-29(19)23(32)21(26-8)24(4,5)6/h9-10,13,15,17,19,21,26,30H,7,11-12H2,1-6,8H3,(H,28,31)/b14-9+,18-10-/t15-,17+,19-,21+/m0/s1. The Kier molecular flexibility index (Phi) is 9.11. The number of likely N-dealkylation sites (tertiary alicyclic amines) is 1. The van der Waals surface area contributed by atoms with Gasteiger partial charge in [-0.1, -0.05) is 32.4 Å². The van der Waals surface area contributed by atoms with Crippen LogP contribution in [-0.4, -0.2) is 71.3 Å². The van der Waals surface area contributed by atoms with E-state index in [4.69, 9.17) is 0 Å². The van der Waals surface area contributed by atoms with Gasteiger partial charge in [-0.2, -0.15) is 0 Å². The summed E-state index contributed by atoms with van der Waals surface area (Å²) in [5, 5.41) is 16.3. The average Bonchev–Trinajstić information content (AvgIpc) is 3.33. The van der Waals surface area contributed by atoms with E-state index in [0.29, 0.717) is 0 Å². The highest BCUT2D eigenvalue weighted by molar-refractivity contribution is 7.10. The van der Waals surface area contributed by atoms with Crippen LogP contribution >= 0.6 is 11.3 Å². The Morgan fingerprint density at radius 3 is 2.58 bits per heavy atom. The molecule has 0 aliphatic carbocycles. The minimum Gasteiger partial charge on any atom is -0.391 e. The number of nitrogens with one attached hydrogen (secondary N) is 2. The summed E-state index contributed by atoms with van der Waals surface area (Å²) in [6, 6.07) is -1.43. The van der Waals surface area contributed by atoms with Crippen LogP contribution in [0.5, 0.6) is 0 Å². The summed E-state index contributed by atoms with van der Waals surface area (Å²) in [5.41, 5.74) is 3.98. The molecule has 2 amide bonds. The molecule has 182 valence electrons. The third-order valence-corrected chi connectivity index (χ3v) is 6.91. The van der Waals surface area contributed by atoms with E-state index in [9.17, 15) is 14.7 Å². The van der Waals surface area contributed by atoms with Crippen LogP contribution in [0, 0.1) is 12.3 Å². The van der Waals surface area contributed by atoms with Crippen molar-refractivity contribution in [3.63, 3.8) is 0 Å². The molecule has 0 unspecified atom stereocenters. The fourth-order valence-electron chi connectivity index (χ4n) is 3.92. The van der Waals surface area contributed by atoms with Crippen LogP contribution in [0.1, 0.15) is 51.6 Å². The second-order valence-corrected chi connectivity index (χ2v) is 10.5.